The fourth-order valence-corrected chi connectivity index (χ4v) is 4.56. The summed E-state index contributed by atoms with van der Waals surface area (Å²) >= 11 is 16.1. The summed E-state index contributed by atoms with van der Waals surface area (Å²) in [5.41, 5.74) is 2.66. The molecule has 1 aliphatic heterocycles. The molecular formula is C23H15BrClNO2S2. The van der Waals surface area contributed by atoms with Crippen LogP contribution in [0.25, 0.3) is 6.08 Å². The first-order chi connectivity index (χ1) is 14.5. The van der Waals surface area contributed by atoms with E-state index in [-0.39, 0.29) is 5.91 Å². The fraction of sp³-hybridized carbons (Fsp3) is 0.0435. The van der Waals surface area contributed by atoms with Gasteiger partial charge in [0.1, 0.15) is 12.4 Å². The molecule has 0 saturated carbocycles. The van der Waals surface area contributed by atoms with Crippen LogP contribution in [0.5, 0.6) is 5.75 Å². The lowest BCUT2D eigenvalue weighted by Gasteiger charge is -2.14. The van der Waals surface area contributed by atoms with Crippen molar-refractivity contribution < 1.29 is 9.53 Å². The molecule has 0 aromatic heterocycles. The zero-order valence-electron chi connectivity index (χ0n) is 15.5. The molecule has 0 aliphatic carbocycles. The minimum Gasteiger partial charge on any atom is -0.489 e. The molecule has 1 fully saturated rings. The average Bonchev–Trinajstić information content (AvgIpc) is 3.02. The largest absolute Gasteiger partial charge is 0.489 e. The van der Waals surface area contributed by atoms with Gasteiger partial charge in [-0.2, -0.15) is 0 Å². The van der Waals surface area contributed by atoms with E-state index >= 15 is 0 Å². The van der Waals surface area contributed by atoms with Gasteiger partial charge in [-0.25, -0.2) is 0 Å². The van der Waals surface area contributed by atoms with Gasteiger partial charge in [0, 0.05) is 9.50 Å². The molecule has 150 valence electrons. The Morgan fingerprint density at radius 3 is 2.53 bits per heavy atom. The van der Waals surface area contributed by atoms with Crippen molar-refractivity contribution in [1.29, 1.82) is 0 Å². The van der Waals surface area contributed by atoms with Crippen LogP contribution >= 0.6 is 51.5 Å². The summed E-state index contributed by atoms with van der Waals surface area (Å²) in [6.07, 6.45) is 1.84. The highest BCUT2D eigenvalue weighted by molar-refractivity contribution is 9.10. The first-order valence-electron chi connectivity index (χ1n) is 9.00. The summed E-state index contributed by atoms with van der Waals surface area (Å²) in [5.74, 6) is 0.599. The van der Waals surface area contributed by atoms with Gasteiger partial charge in [0.15, 0.2) is 4.32 Å². The second-order valence-electron chi connectivity index (χ2n) is 6.48. The predicted octanol–water partition coefficient (Wildman–Crippen LogP) is 7.09. The average molecular weight is 517 g/mol. The molecule has 0 bridgehead atoms. The SMILES string of the molecule is O=C1/C(=C\c2cccc(OCc3ccc(Cl)cc3)c2)SC(=S)N1c1ccc(Br)cc1. The number of hydrogen-bond acceptors (Lipinski definition) is 4. The molecule has 0 atom stereocenters. The second kappa shape index (κ2) is 9.35. The van der Waals surface area contributed by atoms with Gasteiger partial charge in [0.25, 0.3) is 5.91 Å². The maximum absolute atomic E-state index is 12.9. The Morgan fingerprint density at radius 2 is 1.80 bits per heavy atom. The topological polar surface area (TPSA) is 29.5 Å². The summed E-state index contributed by atoms with van der Waals surface area (Å²) in [7, 11) is 0. The summed E-state index contributed by atoms with van der Waals surface area (Å²) < 4.78 is 7.35. The molecule has 0 N–H and O–H groups in total. The number of rotatable bonds is 5. The zero-order chi connectivity index (χ0) is 21.1. The molecule has 3 nitrogen and oxygen atoms in total. The molecule has 1 heterocycles. The number of halogens is 2. The highest BCUT2D eigenvalue weighted by Crippen LogP contribution is 2.36. The van der Waals surface area contributed by atoms with E-state index in [4.69, 9.17) is 28.6 Å². The van der Waals surface area contributed by atoms with E-state index in [0.29, 0.717) is 20.9 Å². The predicted molar refractivity (Wildman–Crippen MR) is 132 cm³/mol. The van der Waals surface area contributed by atoms with E-state index in [0.717, 1.165) is 27.0 Å². The van der Waals surface area contributed by atoms with Crippen LogP contribution in [-0.4, -0.2) is 10.2 Å². The van der Waals surface area contributed by atoms with Gasteiger partial charge in [-0.1, -0.05) is 75.8 Å². The van der Waals surface area contributed by atoms with Crippen LogP contribution < -0.4 is 9.64 Å². The number of thiocarbonyl (C=S) groups is 1. The molecule has 1 aliphatic rings. The van der Waals surface area contributed by atoms with Crippen molar-refractivity contribution in [3.05, 3.63) is 98.3 Å². The lowest BCUT2D eigenvalue weighted by atomic mass is 10.2. The molecule has 3 aromatic rings. The molecule has 1 amide bonds. The number of carbonyl (C=O) groups is 1. The number of nitrogens with zero attached hydrogens (tertiary/aromatic N) is 1. The third-order valence-corrected chi connectivity index (χ3v) is 6.44. The third kappa shape index (κ3) is 4.95. The van der Waals surface area contributed by atoms with E-state index in [1.807, 2.05) is 78.9 Å². The molecule has 1 saturated heterocycles. The van der Waals surface area contributed by atoms with E-state index < -0.39 is 0 Å². The molecule has 30 heavy (non-hydrogen) atoms. The van der Waals surface area contributed by atoms with Crippen molar-refractivity contribution >= 4 is 73.5 Å². The Hall–Kier alpha value is -2.12. The van der Waals surface area contributed by atoms with E-state index in [1.165, 1.54) is 11.8 Å². The van der Waals surface area contributed by atoms with Crippen molar-refractivity contribution in [3.63, 3.8) is 0 Å². The number of ether oxygens (including phenoxy) is 1. The van der Waals surface area contributed by atoms with Crippen LogP contribution in [0, 0.1) is 0 Å². The lowest BCUT2D eigenvalue weighted by Crippen LogP contribution is -2.27. The van der Waals surface area contributed by atoms with Gasteiger partial charge in [-0.05, 0) is 65.7 Å². The monoisotopic (exact) mass is 515 g/mol. The Balaban J connectivity index is 1.49. The molecule has 7 heteroatoms. The van der Waals surface area contributed by atoms with Gasteiger partial charge in [0.05, 0.1) is 10.6 Å². The van der Waals surface area contributed by atoms with Crippen molar-refractivity contribution in [1.82, 2.24) is 0 Å². The van der Waals surface area contributed by atoms with Crippen LogP contribution in [-0.2, 0) is 11.4 Å². The standard InChI is InChI=1S/C23H15BrClNO2S2/c24-17-6-10-19(11-7-17)26-22(27)21(30-23(26)29)13-16-2-1-3-20(12-16)28-14-15-4-8-18(25)9-5-15/h1-13H,14H2/b21-13+. The molecular weight excluding hydrogens is 502 g/mol. The van der Waals surface area contributed by atoms with E-state index in [2.05, 4.69) is 15.9 Å². The van der Waals surface area contributed by atoms with Crippen LogP contribution in [0.2, 0.25) is 5.02 Å². The Bertz CT molecular complexity index is 1130. The molecule has 3 aromatic carbocycles. The van der Waals surface area contributed by atoms with Gasteiger partial charge >= 0.3 is 0 Å². The summed E-state index contributed by atoms with van der Waals surface area (Å²) in [6.45, 7) is 0.437. The van der Waals surface area contributed by atoms with Gasteiger partial charge < -0.3 is 4.74 Å². The number of carbonyl (C=O) groups excluding carboxylic acids is 1. The lowest BCUT2D eigenvalue weighted by molar-refractivity contribution is -0.113. The molecule has 0 spiro atoms. The Morgan fingerprint density at radius 1 is 1.07 bits per heavy atom. The van der Waals surface area contributed by atoms with Crippen LogP contribution in [0.1, 0.15) is 11.1 Å². The second-order valence-corrected chi connectivity index (χ2v) is 9.51. The highest BCUT2D eigenvalue weighted by Gasteiger charge is 2.33. The summed E-state index contributed by atoms with van der Waals surface area (Å²) in [6, 6.07) is 22.7. The van der Waals surface area contributed by atoms with Crippen LogP contribution in [0.4, 0.5) is 5.69 Å². The smallest absolute Gasteiger partial charge is 0.270 e. The number of thioether (sulfide) groups is 1. The molecule has 0 unspecified atom stereocenters. The number of amides is 1. The highest BCUT2D eigenvalue weighted by atomic mass is 79.9. The van der Waals surface area contributed by atoms with E-state index in [1.54, 1.807) is 4.90 Å². The van der Waals surface area contributed by atoms with Gasteiger partial charge in [0.2, 0.25) is 0 Å². The zero-order valence-corrected chi connectivity index (χ0v) is 19.5. The Kier molecular flexibility index (Phi) is 6.58. The molecule has 0 radical (unpaired) electrons. The van der Waals surface area contributed by atoms with Crippen molar-refractivity contribution in [2.24, 2.45) is 0 Å². The quantitative estimate of drug-likeness (QED) is 0.267. The number of benzene rings is 3. The van der Waals surface area contributed by atoms with Crippen LogP contribution in [0.3, 0.4) is 0 Å². The minimum absolute atomic E-state index is 0.125. The first-order valence-corrected chi connectivity index (χ1v) is 11.4. The first kappa shape index (κ1) is 21.1. The fourth-order valence-electron chi connectivity index (χ4n) is 2.87. The molecule has 4 rings (SSSR count). The summed E-state index contributed by atoms with van der Waals surface area (Å²) in [4.78, 5) is 15.1. The minimum atomic E-state index is -0.125. The number of anilines is 1. The Labute approximate surface area is 197 Å². The van der Waals surface area contributed by atoms with Crippen molar-refractivity contribution in [3.8, 4) is 5.75 Å². The van der Waals surface area contributed by atoms with Crippen LogP contribution in [0.15, 0.2) is 82.2 Å². The van der Waals surface area contributed by atoms with Gasteiger partial charge in [-0.15, -0.1) is 0 Å². The normalized spacial score (nSPS) is 15.1. The maximum Gasteiger partial charge on any atom is 0.270 e. The van der Waals surface area contributed by atoms with Gasteiger partial charge in [-0.3, -0.25) is 9.69 Å². The number of hydrogen-bond donors (Lipinski definition) is 0. The maximum atomic E-state index is 12.9. The summed E-state index contributed by atoms with van der Waals surface area (Å²) in [5, 5.41) is 0.696. The third-order valence-electron chi connectivity index (χ3n) is 4.35. The van der Waals surface area contributed by atoms with Crippen molar-refractivity contribution in [2.45, 2.75) is 6.61 Å². The van der Waals surface area contributed by atoms with Crippen molar-refractivity contribution in [2.75, 3.05) is 4.90 Å². The van der Waals surface area contributed by atoms with E-state index in [9.17, 15) is 4.79 Å².